The molecule has 1 aromatic carbocycles. The molecule has 0 aliphatic carbocycles. The summed E-state index contributed by atoms with van der Waals surface area (Å²) in [5, 5.41) is 2.77. The molecule has 0 saturated carbocycles. The van der Waals surface area contributed by atoms with Gasteiger partial charge in [0.05, 0.1) is 0 Å². The van der Waals surface area contributed by atoms with Crippen molar-refractivity contribution in [1.82, 2.24) is 9.88 Å². The van der Waals surface area contributed by atoms with Crippen LogP contribution in [-0.4, -0.2) is 17.2 Å². The summed E-state index contributed by atoms with van der Waals surface area (Å²) in [5.41, 5.74) is 7.89. The van der Waals surface area contributed by atoms with Gasteiger partial charge < -0.3 is 14.6 Å². The maximum atomic E-state index is 11.8. The van der Waals surface area contributed by atoms with Crippen molar-refractivity contribution in [2.24, 2.45) is 0 Å². The van der Waals surface area contributed by atoms with Gasteiger partial charge in [-0.05, 0) is 36.5 Å². The van der Waals surface area contributed by atoms with Crippen LogP contribution in [0, 0.1) is 6.92 Å². The van der Waals surface area contributed by atoms with E-state index in [0.29, 0.717) is 13.2 Å². The minimum atomic E-state index is -0.328. The van der Waals surface area contributed by atoms with Crippen LogP contribution >= 0.6 is 0 Å². The van der Waals surface area contributed by atoms with Gasteiger partial charge in [-0.1, -0.05) is 38.1 Å². The summed E-state index contributed by atoms with van der Waals surface area (Å²) in [6, 6.07) is 8.64. The van der Waals surface area contributed by atoms with E-state index in [0.717, 1.165) is 25.8 Å². The van der Waals surface area contributed by atoms with E-state index in [1.165, 1.54) is 33.6 Å². The summed E-state index contributed by atoms with van der Waals surface area (Å²) in [5.74, 6) is 0. The highest BCUT2D eigenvalue weighted by atomic mass is 16.5. The number of fused-ring (bicyclic) bond motifs is 2. The highest BCUT2D eigenvalue weighted by molar-refractivity contribution is 5.67. The average molecular weight is 326 g/mol. The van der Waals surface area contributed by atoms with Crippen molar-refractivity contribution in [3.8, 4) is 0 Å². The Kier molecular flexibility index (Phi) is 4.93. The van der Waals surface area contributed by atoms with Gasteiger partial charge in [-0.3, -0.25) is 0 Å². The number of carbonyl (C=O) groups is 1. The Morgan fingerprint density at radius 1 is 1.25 bits per heavy atom. The maximum absolute atomic E-state index is 11.8. The molecule has 0 fully saturated rings. The SMILES string of the molecule is CCCNC(=O)OCc1c(C)c2n(c1CC)Cc1ccccc1C2. The van der Waals surface area contributed by atoms with E-state index in [1.54, 1.807) is 0 Å². The second-order valence-electron chi connectivity index (χ2n) is 6.39. The van der Waals surface area contributed by atoms with Crippen molar-refractivity contribution < 1.29 is 9.53 Å². The van der Waals surface area contributed by atoms with Gasteiger partial charge >= 0.3 is 6.09 Å². The summed E-state index contributed by atoms with van der Waals surface area (Å²) in [7, 11) is 0. The molecule has 4 heteroatoms. The molecule has 128 valence electrons. The highest BCUT2D eigenvalue weighted by Crippen LogP contribution is 2.31. The molecule has 0 unspecified atom stereocenters. The normalized spacial score (nSPS) is 12.5. The van der Waals surface area contributed by atoms with Crippen LogP contribution in [0.15, 0.2) is 24.3 Å². The lowest BCUT2D eigenvalue weighted by Crippen LogP contribution is -2.24. The van der Waals surface area contributed by atoms with Gasteiger partial charge in [0, 0.05) is 36.5 Å². The molecule has 0 spiro atoms. The fourth-order valence-corrected chi connectivity index (χ4v) is 3.58. The Hall–Kier alpha value is -2.23. The summed E-state index contributed by atoms with van der Waals surface area (Å²) < 4.78 is 7.86. The second kappa shape index (κ2) is 7.12. The van der Waals surface area contributed by atoms with E-state index in [-0.39, 0.29) is 6.09 Å². The number of carbonyl (C=O) groups excluding carboxylic acids is 1. The number of nitrogens with zero attached hydrogens (tertiary/aromatic N) is 1. The molecule has 2 heterocycles. The monoisotopic (exact) mass is 326 g/mol. The molecule has 1 amide bonds. The van der Waals surface area contributed by atoms with E-state index in [4.69, 9.17) is 4.74 Å². The van der Waals surface area contributed by atoms with E-state index < -0.39 is 0 Å². The molecule has 0 radical (unpaired) electrons. The Balaban J connectivity index is 1.84. The van der Waals surface area contributed by atoms with Crippen LogP contribution < -0.4 is 5.32 Å². The van der Waals surface area contributed by atoms with Crippen molar-refractivity contribution in [2.45, 2.75) is 53.2 Å². The standard InChI is InChI=1S/C20H26N2O2/c1-4-10-21-20(23)24-13-17-14(3)19-11-15-8-6-7-9-16(15)12-22(19)18(17)5-2/h6-9H,4-5,10-13H2,1-3H3,(H,21,23). The molecule has 1 aliphatic rings. The fraction of sp³-hybridized carbons (Fsp3) is 0.450. The van der Waals surface area contributed by atoms with Crippen molar-refractivity contribution in [3.05, 3.63) is 57.9 Å². The lowest BCUT2D eigenvalue weighted by atomic mass is 9.97. The summed E-state index contributed by atoms with van der Waals surface area (Å²) in [4.78, 5) is 11.8. The molecule has 1 N–H and O–H groups in total. The summed E-state index contributed by atoms with van der Waals surface area (Å²) in [6.07, 6.45) is 2.48. The van der Waals surface area contributed by atoms with Crippen LogP contribution in [0.5, 0.6) is 0 Å². The smallest absolute Gasteiger partial charge is 0.407 e. The topological polar surface area (TPSA) is 43.3 Å². The predicted octanol–water partition coefficient (Wildman–Crippen LogP) is 3.95. The third-order valence-corrected chi connectivity index (χ3v) is 4.89. The Labute approximate surface area is 143 Å². The van der Waals surface area contributed by atoms with Gasteiger partial charge in [0.15, 0.2) is 0 Å². The predicted molar refractivity (Wildman–Crippen MR) is 95.4 cm³/mol. The molecule has 24 heavy (non-hydrogen) atoms. The molecule has 3 rings (SSSR count). The lowest BCUT2D eigenvalue weighted by molar-refractivity contribution is 0.139. The highest BCUT2D eigenvalue weighted by Gasteiger charge is 2.24. The first-order chi connectivity index (χ1) is 11.7. The maximum Gasteiger partial charge on any atom is 0.407 e. The first kappa shape index (κ1) is 16.6. The van der Waals surface area contributed by atoms with Gasteiger partial charge in [-0.2, -0.15) is 0 Å². The zero-order chi connectivity index (χ0) is 17.1. The van der Waals surface area contributed by atoms with E-state index in [9.17, 15) is 4.79 Å². The number of nitrogens with one attached hydrogen (secondary N) is 1. The summed E-state index contributed by atoms with van der Waals surface area (Å²) in [6.45, 7) is 8.27. The number of ether oxygens (including phenoxy) is 1. The van der Waals surface area contributed by atoms with Crippen molar-refractivity contribution in [2.75, 3.05) is 6.54 Å². The van der Waals surface area contributed by atoms with Gasteiger partial charge in [-0.25, -0.2) is 4.79 Å². The van der Waals surface area contributed by atoms with Crippen molar-refractivity contribution in [1.29, 1.82) is 0 Å². The minimum absolute atomic E-state index is 0.328. The Morgan fingerprint density at radius 2 is 2.00 bits per heavy atom. The molecule has 0 atom stereocenters. The van der Waals surface area contributed by atoms with Crippen molar-refractivity contribution in [3.63, 3.8) is 0 Å². The number of alkyl carbamates (subject to hydrolysis) is 1. The first-order valence-corrected chi connectivity index (χ1v) is 8.82. The van der Waals surface area contributed by atoms with Crippen LogP contribution in [-0.2, 0) is 30.7 Å². The fourth-order valence-electron chi connectivity index (χ4n) is 3.58. The van der Waals surface area contributed by atoms with Gasteiger partial charge in [-0.15, -0.1) is 0 Å². The van der Waals surface area contributed by atoms with E-state index in [1.807, 2.05) is 6.92 Å². The zero-order valence-corrected chi connectivity index (χ0v) is 14.8. The second-order valence-corrected chi connectivity index (χ2v) is 6.39. The number of hydrogen-bond acceptors (Lipinski definition) is 2. The molecule has 1 aromatic heterocycles. The van der Waals surface area contributed by atoms with E-state index in [2.05, 4.69) is 48.0 Å². The molecule has 4 nitrogen and oxygen atoms in total. The van der Waals surface area contributed by atoms with Gasteiger partial charge in [0.25, 0.3) is 0 Å². The Bertz CT molecular complexity index is 746. The van der Waals surface area contributed by atoms with Crippen molar-refractivity contribution >= 4 is 6.09 Å². The zero-order valence-electron chi connectivity index (χ0n) is 14.8. The first-order valence-electron chi connectivity index (χ1n) is 8.82. The number of aromatic nitrogens is 1. The number of amides is 1. The molecule has 0 bridgehead atoms. The third kappa shape index (κ3) is 3.05. The lowest BCUT2D eigenvalue weighted by Gasteiger charge is -2.21. The van der Waals surface area contributed by atoms with Crippen LogP contribution in [0.1, 0.15) is 53.9 Å². The largest absolute Gasteiger partial charge is 0.445 e. The summed E-state index contributed by atoms with van der Waals surface area (Å²) >= 11 is 0. The third-order valence-electron chi connectivity index (χ3n) is 4.89. The van der Waals surface area contributed by atoms with E-state index >= 15 is 0 Å². The quantitative estimate of drug-likeness (QED) is 0.771. The van der Waals surface area contributed by atoms with Crippen LogP contribution in [0.2, 0.25) is 0 Å². The van der Waals surface area contributed by atoms with Gasteiger partial charge in [0.2, 0.25) is 0 Å². The molecular formula is C20H26N2O2. The van der Waals surface area contributed by atoms with Crippen LogP contribution in [0.3, 0.4) is 0 Å². The molecule has 1 aliphatic heterocycles. The minimum Gasteiger partial charge on any atom is -0.445 e. The van der Waals surface area contributed by atoms with Crippen LogP contribution in [0.25, 0.3) is 0 Å². The van der Waals surface area contributed by atoms with Crippen LogP contribution in [0.4, 0.5) is 4.79 Å². The molecular weight excluding hydrogens is 300 g/mol. The number of rotatable bonds is 5. The van der Waals surface area contributed by atoms with Gasteiger partial charge in [0.1, 0.15) is 6.61 Å². The number of hydrogen-bond donors (Lipinski definition) is 1. The Morgan fingerprint density at radius 3 is 2.71 bits per heavy atom. The molecule has 0 saturated heterocycles. The molecule has 2 aromatic rings. The number of benzene rings is 1. The average Bonchev–Trinajstić information content (AvgIpc) is 2.87.